The van der Waals surface area contributed by atoms with Crippen molar-refractivity contribution in [2.45, 2.75) is 12.6 Å². The highest BCUT2D eigenvalue weighted by Crippen LogP contribution is 2.26. The molecule has 1 aliphatic heterocycles. The molecule has 1 aromatic carbocycles. The highest BCUT2D eigenvalue weighted by molar-refractivity contribution is 6.30. The minimum Gasteiger partial charge on any atom is -0.383 e. The van der Waals surface area contributed by atoms with E-state index in [-0.39, 0.29) is 0 Å². The SMILES string of the molecule is COCCN(C)c1ccc(CN2CCNCC2c2cccc(Cl)c2)cn1. The van der Waals surface area contributed by atoms with Gasteiger partial charge in [0.2, 0.25) is 0 Å². The first-order chi connectivity index (χ1) is 12.7. The Bertz CT molecular complexity index is 694. The number of rotatable bonds is 7. The zero-order valence-corrected chi connectivity index (χ0v) is 16.2. The van der Waals surface area contributed by atoms with Crippen molar-refractivity contribution in [1.82, 2.24) is 15.2 Å². The molecule has 1 saturated heterocycles. The van der Waals surface area contributed by atoms with Crippen LogP contribution in [0.25, 0.3) is 0 Å². The fraction of sp³-hybridized carbons (Fsp3) is 0.450. The van der Waals surface area contributed by atoms with E-state index in [2.05, 4.69) is 44.4 Å². The zero-order valence-electron chi connectivity index (χ0n) is 15.5. The Morgan fingerprint density at radius 2 is 2.23 bits per heavy atom. The van der Waals surface area contributed by atoms with Gasteiger partial charge in [-0.05, 0) is 29.3 Å². The van der Waals surface area contributed by atoms with Crippen molar-refractivity contribution >= 4 is 17.4 Å². The zero-order chi connectivity index (χ0) is 18.4. The molecule has 3 rings (SSSR count). The van der Waals surface area contributed by atoms with Gasteiger partial charge in [0, 0.05) is 64.1 Å². The summed E-state index contributed by atoms with van der Waals surface area (Å²) in [6.07, 6.45) is 1.98. The van der Waals surface area contributed by atoms with Gasteiger partial charge < -0.3 is 15.0 Å². The van der Waals surface area contributed by atoms with Crippen molar-refractivity contribution in [3.63, 3.8) is 0 Å². The molecule has 1 unspecified atom stereocenters. The maximum atomic E-state index is 6.19. The van der Waals surface area contributed by atoms with Gasteiger partial charge >= 0.3 is 0 Å². The lowest BCUT2D eigenvalue weighted by Crippen LogP contribution is -2.45. The molecule has 0 amide bonds. The van der Waals surface area contributed by atoms with E-state index in [1.54, 1.807) is 7.11 Å². The summed E-state index contributed by atoms with van der Waals surface area (Å²) in [6.45, 7) is 5.36. The number of pyridine rings is 1. The van der Waals surface area contributed by atoms with Crippen molar-refractivity contribution < 1.29 is 4.74 Å². The van der Waals surface area contributed by atoms with E-state index in [1.807, 2.05) is 25.4 Å². The summed E-state index contributed by atoms with van der Waals surface area (Å²) in [5, 5.41) is 4.28. The molecule has 5 nitrogen and oxygen atoms in total. The molecular formula is C20H27ClN4O. The Kier molecular flexibility index (Phi) is 6.86. The third kappa shape index (κ3) is 4.95. The van der Waals surface area contributed by atoms with E-state index in [0.29, 0.717) is 12.6 Å². The Balaban J connectivity index is 1.68. The normalized spacial score (nSPS) is 18.0. The van der Waals surface area contributed by atoms with Crippen molar-refractivity contribution in [3.05, 3.63) is 58.7 Å². The highest BCUT2D eigenvalue weighted by Gasteiger charge is 2.24. The van der Waals surface area contributed by atoms with Crippen molar-refractivity contribution in [2.75, 3.05) is 51.8 Å². The van der Waals surface area contributed by atoms with Crippen LogP contribution in [0.5, 0.6) is 0 Å². The summed E-state index contributed by atoms with van der Waals surface area (Å²) in [5.74, 6) is 0.970. The topological polar surface area (TPSA) is 40.6 Å². The second-order valence-electron chi connectivity index (χ2n) is 6.68. The van der Waals surface area contributed by atoms with Crippen LogP contribution in [0.1, 0.15) is 17.2 Å². The van der Waals surface area contributed by atoms with Gasteiger partial charge in [-0.25, -0.2) is 4.98 Å². The fourth-order valence-corrected chi connectivity index (χ4v) is 3.49. The number of nitrogens with one attached hydrogen (secondary N) is 1. The van der Waals surface area contributed by atoms with Gasteiger partial charge in [-0.2, -0.15) is 0 Å². The Labute approximate surface area is 160 Å². The number of hydrogen-bond acceptors (Lipinski definition) is 5. The maximum absolute atomic E-state index is 6.19. The number of anilines is 1. The monoisotopic (exact) mass is 374 g/mol. The second-order valence-corrected chi connectivity index (χ2v) is 7.12. The van der Waals surface area contributed by atoms with Crippen LogP contribution < -0.4 is 10.2 Å². The van der Waals surface area contributed by atoms with Gasteiger partial charge in [-0.1, -0.05) is 29.8 Å². The van der Waals surface area contributed by atoms with Crippen molar-refractivity contribution in [3.8, 4) is 0 Å². The lowest BCUT2D eigenvalue weighted by molar-refractivity contribution is 0.153. The number of ether oxygens (including phenoxy) is 1. The molecule has 0 aliphatic carbocycles. The lowest BCUT2D eigenvalue weighted by Gasteiger charge is -2.36. The van der Waals surface area contributed by atoms with Crippen LogP contribution in [-0.2, 0) is 11.3 Å². The first kappa shape index (κ1) is 19.1. The number of methoxy groups -OCH3 is 1. The number of hydrogen-bond donors (Lipinski definition) is 1. The summed E-state index contributed by atoms with van der Waals surface area (Å²) in [6, 6.07) is 12.8. The molecule has 2 aromatic rings. The Hall–Kier alpha value is -1.66. The Morgan fingerprint density at radius 3 is 2.96 bits per heavy atom. The van der Waals surface area contributed by atoms with Gasteiger partial charge in [0.05, 0.1) is 6.61 Å². The molecule has 1 aliphatic rings. The molecule has 0 bridgehead atoms. The molecule has 2 heterocycles. The molecule has 140 valence electrons. The molecule has 26 heavy (non-hydrogen) atoms. The van der Waals surface area contributed by atoms with Gasteiger partial charge in [0.15, 0.2) is 0 Å². The predicted octanol–water partition coefficient (Wildman–Crippen LogP) is 2.96. The van der Waals surface area contributed by atoms with Gasteiger partial charge in [0.1, 0.15) is 5.82 Å². The van der Waals surface area contributed by atoms with Crippen LogP contribution in [0, 0.1) is 0 Å². The minimum atomic E-state index is 0.325. The molecule has 1 N–H and O–H groups in total. The quantitative estimate of drug-likeness (QED) is 0.806. The van der Waals surface area contributed by atoms with Gasteiger partial charge in [0.25, 0.3) is 0 Å². The van der Waals surface area contributed by atoms with Gasteiger partial charge in [-0.3, -0.25) is 4.90 Å². The van der Waals surface area contributed by atoms with Crippen LogP contribution in [0.3, 0.4) is 0 Å². The summed E-state index contributed by atoms with van der Waals surface area (Å²) in [5.41, 5.74) is 2.48. The number of aromatic nitrogens is 1. The molecule has 0 saturated carbocycles. The summed E-state index contributed by atoms with van der Waals surface area (Å²) >= 11 is 6.19. The number of likely N-dealkylation sites (N-methyl/N-ethyl adjacent to an activating group) is 1. The van der Waals surface area contributed by atoms with E-state index < -0.39 is 0 Å². The van der Waals surface area contributed by atoms with Crippen molar-refractivity contribution in [1.29, 1.82) is 0 Å². The summed E-state index contributed by atoms with van der Waals surface area (Å²) in [4.78, 5) is 9.21. The minimum absolute atomic E-state index is 0.325. The molecule has 1 aromatic heterocycles. The molecule has 0 spiro atoms. The van der Waals surface area contributed by atoms with Gasteiger partial charge in [-0.15, -0.1) is 0 Å². The lowest BCUT2D eigenvalue weighted by atomic mass is 10.0. The average Bonchev–Trinajstić information content (AvgIpc) is 2.67. The van der Waals surface area contributed by atoms with E-state index in [9.17, 15) is 0 Å². The second kappa shape index (κ2) is 9.33. The summed E-state index contributed by atoms with van der Waals surface area (Å²) < 4.78 is 5.13. The van der Waals surface area contributed by atoms with Crippen LogP contribution in [0.15, 0.2) is 42.6 Å². The number of benzene rings is 1. The predicted molar refractivity (Wildman–Crippen MR) is 107 cm³/mol. The number of halogens is 1. The molecule has 1 fully saturated rings. The Morgan fingerprint density at radius 1 is 1.35 bits per heavy atom. The summed E-state index contributed by atoms with van der Waals surface area (Å²) in [7, 11) is 3.75. The van der Waals surface area contributed by atoms with E-state index in [4.69, 9.17) is 16.3 Å². The van der Waals surface area contributed by atoms with Crippen LogP contribution >= 0.6 is 11.6 Å². The molecular weight excluding hydrogens is 348 g/mol. The van der Waals surface area contributed by atoms with E-state index in [0.717, 1.165) is 43.6 Å². The molecule has 1 atom stereocenters. The van der Waals surface area contributed by atoms with E-state index >= 15 is 0 Å². The first-order valence-electron chi connectivity index (χ1n) is 9.02. The first-order valence-corrected chi connectivity index (χ1v) is 9.40. The average molecular weight is 375 g/mol. The largest absolute Gasteiger partial charge is 0.383 e. The third-order valence-electron chi connectivity index (χ3n) is 4.80. The van der Waals surface area contributed by atoms with Crippen LogP contribution in [0.4, 0.5) is 5.82 Å². The van der Waals surface area contributed by atoms with E-state index in [1.165, 1.54) is 11.1 Å². The smallest absolute Gasteiger partial charge is 0.128 e. The fourth-order valence-electron chi connectivity index (χ4n) is 3.29. The van der Waals surface area contributed by atoms with Crippen molar-refractivity contribution in [2.24, 2.45) is 0 Å². The number of piperazine rings is 1. The van der Waals surface area contributed by atoms with Crippen LogP contribution in [0.2, 0.25) is 5.02 Å². The standard InChI is InChI=1S/C20H27ClN4O/c1-24(10-11-26-2)20-7-6-16(13-23-20)15-25-9-8-22-14-19(25)17-4-3-5-18(21)12-17/h3-7,12-13,19,22H,8-11,14-15H2,1-2H3. The molecule has 6 heteroatoms. The third-order valence-corrected chi connectivity index (χ3v) is 5.04. The molecule has 0 radical (unpaired) electrons. The highest BCUT2D eigenvalue weighted by atomic mass is 35.5. The number of nitrogens with zero attached hydrogens (tertiary/aromatic N) is 3. The maximum Gasteiger partial charge on any atom is 0.128 e. The van der Waals surface area contributed by atoms with Crippen LogP contribution in [-0.4, -0.2) is 56.8 Å².